The van der Waals surface area contributed by atoms with E-state index in [0.29, 0.717) is 0 Å². The molecule has 1 atom stereocenters. The number of benzene rings is 1. The summed E-state index contributed by atoms with van der Waals surface area (Å²) in [5.74, 6) is -1.52. The van der Waals surface area contributed by atoms with Gasteiger partial charge in [0.25, 0.3) is 0 Å². The summed E-state index contributed by atoms with van der Waals surface area (Å²) in [5.41, 5.74) is -0.148. The molecule has 1 amide bonds. The molecule has 0 radical (unpaired) electrons. The van der Waals surface area contributed by atoms with Crippen LogP contribution in [-0.2, 0) is 9.53 Å². The van der Waals surface area contributed by atoms with Gasteiger partial charge in [-0.3, -0.25) is 9.69 Å². The van der Waals surface area contributed by atoms with Crippen LogP contribution >= 0.6 is 0 Å². The number of piperidine rings is 1. The number of amides is 1. The predicted octanol–water partition coefficient (Wildman–Crippen LogP) is 1.45. The minimum absolute atomic E-state index is 0.0335. The Bertz CT molecular complexity index is 619. The number of halogens is 2. The van der Waals surface area contributed by atoms with Crippen molar-refractivity contribution in [3.05, 3.63) is 23.8 Å². The molecule has 8 heteroatoms. The second-order valence-corrected chi connectivity index (χ2v) is 5.58. The highest BCUT2D eigenvalue weighted by Gasteiger charge is 2.33. The van der Waals surface area contributed by atoms with Crippen LogP contribution in [0.4, 0.5) is 25.0 Å². The zero-order chi connectivity index (χ0) is 16.6. The third-order valence-electron chi connectivity index (χ3n) is 4.03. The normalized spacial score (nSPS) is 21.8. The smallest absolute Gasteiger partial charge is 0.414 e. The fourth-order valence-corrected chi connectivity index (χ4v) is 2.82. The number of hydrogen-bond acceptors (Lipinski definition) is 5. The molecule has 2 fully saturated rings. The summed E-state index contributed by atoms with van der Waals surface area (Å²) in [4.78, 5) is 25.5. The van der Waals surface area contributed by atoms with E-state index in [4.69, 9.17) is 9.84 Å². The highest BCUT2D eigenvalue weighted by Crippen LogP contribution is 2.32. The highest BCUT2D eigenvalue weighted by molar-refractivity contribution is 5.90. The third-order valence-corrected chi connectivity index (χ3v) is 4.03. The Kier molecular flexibility index (Phi) is 4.16. The van der Waals surface area contributed by atoms with Crippen LogP contribution in [0.25, 0.3) is 0 Å². The largest absolute Gasteiger partial charge is 0.441 e. The first-order chi connectivity index (χ1) is 11.0. The summed E-state index contributed by atoms with van der Waals surface area (Å²) < 4.78 is 33.6. The quantitative estimate of drug-likeness (QED) is 0.910. The summed E-state index contributed by atoms with van der Waals surface area (Å²) in [6, 6.07) is 2.13. The lowest BCUT2D eigenvalue weighted by atomic mass is 10.1. The van der Waals surface area contributed by atoms with E-state index < -0.39 is 23.8 Å². The first-order valence-electron chi connectivity index (χ1n) is 7.34. The predicted molar refractivity (Wildman–Crippen MR) is 77.5 cm³/mol. The Morgan fingerprint density at radius 3 is 2.30 bits per heavy atom. The van der Waals surface area contributed by atoms with Crippen molar-refractivity contribution in [2.75, 3.05) is 36.0 Å². The van der Waals surface area contributed by atoms with Crippen molar-refractivity contribution in [1.82, 2.24) is 0 Å². The molecule has 0 bridgehead atoms. The van der Waals surface area contributed by atoms with E-state index in [2.05, 4.69) is 0 Å². The molecule has 23 heavy (non-hydrogen) atoms. The summed E-state index contributed by atoms with van der Waals surface area (Å²) in [7, 11) is 0. The highest BCUT2D eigenvalue weighted by atomic mass is 19.1. The Morgan fingerprint density at radius 1 is 1.17 bits per heavy atom. The van der Waals surface area contributed by atoms with Crippen LogP contribution < -0.4 is 9.80 Å². The van der Waals surface area contributed by atoms with Gasteiger partial charge in [-0.15, -0.1) is 0 Å². The van der Waals surface area contributed by atoms with Gasteiger partial charge in [-0.2, -0.15) is 0 Å². The summed E-state index contributed by atoms with van der Waals surface area (Å²) >= 11 is 0. The zero-order valence-electron chi connectivity index (χ0n) is 12.3. The van der Waals surface area contributed by atoms with Crippen molar-refractivity contribution in [3.8, 4) is 0 Å². The number of carbonyl (C=O) groups is 2. The maximum atomic E-state index is 14.4. The van der Waals surface area contributed by atoms with Crippen LogP contribution in [0.5, 0.6) is 0 Å². The second-order valence-electron chi connectivity index (χ2n) is 5.58. The Labute approximate surface area is 131 Å². The number of Topliss-reactive ketones (excluding diaryl/α,β-unsaturated/α-hetero) is 1. The molecule has 6 nitrogen and oxygen atoms in total. The van der Waals surface area contributed by atoms with Gasteiger partial charge in [-0.1, -0.05) is 0 Å². The Hall–Kier alpha value is -2.22. The van der Waals surface area contributed by atoms with Gasteiger partial charge in [-0.25, -0.2) is 13.6 Å². The molecule has 3 rings (SSSR count). The molecular formula is C15H16F2N2O4. The molecule has 2 aliphatic rings. The molecule has 2 saturated heterocycles. The zero-order valence-corrected chi connectivity index (χ0v) is 12.3. The van der Waals surface area contributed by atoms with Gasteiger partial charge in [-0.05, 0) is 0 Å². The van der Waals surface area contributed by atoms with Gasteiger partial charge in [0.05, 0.1) is 18.8 Å². The van der Waals surface area contributed by atoms with E-state index in [1.54, 1.807) is 0 Å². The number of aliphatic hydroxyl groups excluding tert-OH is 1. The van der Waals surface area contributed by atoms with Gasteiger partial charge in [0.15, 0.2) is 11.6 Å². The second kappa shape index (κ2) is 6.11. The van der Waals surface area contributed by atoms with Crippen LogP contribution in [0, 0.1) is 11.6 Å². The number of rotatable bonds is 3. The summed E-state index contributed by atoms with van der Waals surface area (Å²) in [6.45, 7) is 0.216. The average molecular weight is 326 g/mol. The van der Waals surface area contributed by atoms with Gasteiger partial charge in [0.1, 0.15) is 17.6 Å². The van der Waals surface area contributed by atoms with Gasteiger partial charge in [0, 0.05) is 38.1 Å². The maximum absolute atomic E-state index is 14.4. The van der Waals surface area contributed by atoms with Gasteiger partial charge in [0.2, 0.25) is 0 Å². The molecular weight excluding hydrogens is 310 g/mol. The molecule has 0 spiro atoms. The molecule has 124 valence electrons. The minimum atomic E-state index is -0.797. The lowest BCUT2D eigenvalue weighted by Gasteiger charge is -2.29. The first kappa shape index (κ1) is 15.7. The number of ether oxygens (including phenoxy) is 1. The number of nitrogens with zero attached hydrogens (tertiary/aromatic N) is 2. The molecule has 0 aromatic heterocycles. The molecule has 1 aromatic carbocycles. The molecule has 0 saturated carbocycles. The summed E-state index contributed by atoms with van der Waals surface area (Å²) in [6.07, 6.45) is -0.935. The molecule has 2 heterocycles. The monoisotopic (exact) mass is 326 g/mol. The van der Waals surface area contributed by atoms with Crippen LogP contribution in [0.15, 0.2) is 12.1 Å². The number of cyclic esters (lactones) is 1. The molecule has 1 aromatic rings. The molecule has 1 N–H and O–H groups in total. The van der Waals surface area contributed by atoms with E-state index in [1.165, 1.54) is 4.90 Å². The van der Waals surface area contributed by atoms with Crippen LogP contribution in [0.3, 0.4) is 0 Å². The summed E-state index contributed by atoms with van der Waals surface area (Å²) in [5, 5.41) is 9.01. The van der Waals surface area contributed by atoms with E-state index in [0.717, 1.165) is 17.0 Å². The van der Waals surface area contributed by atoms with Crippen LogP contribution in [0.2, 0.25) is 0 Å². The van der Waals surface area contributed by atoms with E-state index in [-0.39, 0.29) is 56.2 Å². The average Bonchev–Trinajstić information content (AvgIpc) is 2.89. The standard InChI is InChI=1S/C15H16F2N2O4/c16-12-5-9(19-7-11(8-20)23-15(19)22)6-13(17)14(12)18-3-1-10(21)2-4-18/h5-6,11,20H,1-4,7-8H2. The first-order valence-corrected chi connectivity index (χ1v) is 7.34. The number of carbonyl (C=O) groups excluding carboxylic acids is 2. The fourth-order valence-electron chi connectivity index (χ4n) is 2.82. The number of hydrogen-bond donors (Lipinski definition) is 1. The number of aliphatic hydroxyl groups is 1. The third kappa shape index (κ3) is 2.98. The maximum Gasteiger partial charge on any atom is 0.414 e. The number of anilines is 2. The Balaban J connectivity index is 1.86. The van der Waals surface area contributed by atoms with Gasteiger partial charge >= 0.3 is 6.09 Å². The molecule has 1 unspecified atom stereocenters. The van der Waals surface area contributed by atoms with Crippen LogP contribution in [0.1, 0.15) is 12.8 Å². The van der Waals surface area contributed by atoms with Gasteiger partial charge < -0.3 is 14.7 Å². The fraction of sp³-hybridized carbons (Fsp3) is 0.467. The van der Waals surface area contributed by atoms with E-state index >= 15 is 0 Å². The van der Waals surface area contributed by atoms with Crippen molar-refractivity contribution in [3.63, 3.8) is 0 Å². The minimum Gasteiger partial charge on any atom is -0.441 e. The van der Waals surface area contributed by atoms with Crippen molar-refractivity contribution < 1.29 is 28.2 Å². The van der Waals surface area contributed by atoms with Crippen molar-refractivity contribution >= 4 is 23.3 Å². The lowest BCUT2D eigenvalue weighted by Crippen LogP contribution is -2.35. The van der Waals surface area contributed by atoms with Crippen LogP contribution in [-0.4, -0.2) is 49.3 Å². The molecule has 2 aliphatic heterocycles. The van der Waals surface area contributed by atoms with E-state index in [9.17, 15) is 18.4 Å². The molecule has 0 aliphatic carbocycles. The van der Waals surface area contributed by atoms with Crippen molar-refractivity contribution in [2.24, 2.45) is 0 Å². The van der Waals surface area contributed by atoms with Crippen molar-refractivity contribution in [1.29, 1.82) is 0 Å². The van der Waals surface area contributed by atoms with E-state index in [1.807, 2.05) is 0 Å². The SMILES string of the molecule is O=C1CCN(c2c(F)cc(N3CC(CO)OC3=O)cc2F)CC1. The van der Waals surface area contributed by atoms with Crippen molar-refractivity contribution in [2.45, 2.75) is 18.9 Å². The topological polar surface area (TPSA) is 70.1 Å². The Morgan fingerprint density at radius 2 is 1.78 bits per heavy atom. The lowest BCUT2D eigenvalue weighted by molar-refractivity contribution is -0.119. The number of ketones is 1.